The van der Waals surface area contributed by atoms with Crippen LogP contribution in [0.3, 0.4) is 0 Å². The fraction of sp³-hybridized carbons (Fsp3) is 0. The van der Waals surface area contributed by atoms with Gasteiger partial charge in [-0.1, -0.05) is 146 Å². The van der Waals surface area contributed by atoms with Gasteiger partial charge in [-0.05, 0) is 101 Å². The first kappa shape index (κ1) is 26.1. The van der Waals surface area contributed by atoms with Gasteiger partial charge in [-0.15, -0.1) is 0 Å². The Morgan fingerprint density at radius 1 is 0.298 bits per heavy atom. The van der Waals surface area contributed by atoms with Crippen molar-refractivity contribution in [3.63, 3.8) is 0 Å². The normalized spacial score (nSPS) is 12.0. The Labute approximate surface area is 272 Å². The molecule has 0 saturated heterocycles. The average Bonchev–Trinajstić information content (AvgIpc) is 3.14. The monoisotopic (exact) mass is 596 g/mol. The van der Waals surface area contributed by atoms with Gasteiger partial charge in [0.15, 0.2) is 0 Å². The predicted molar refractivity (Wildman–Crippen MR) is 198 cm³/mol. The SMILES string of the molecule is c1ccc(-c2ccc3c(c2)-c2cccc4c(-c5c6ccccc6c(-c6cccc7ccccc67)c6ccccc56)ccc(c24)O3)cc1. The van der Waals surface area contributed by atoms with E-state index in [0.717, 1.165) is 22.4 Å². The summed E-state index contributed by atoms with van der Waals surface area (Å²) in [7, 11) is 0. The van der Waals surface area contributed by atoms with Crippen molar-refractivity contribution in [2.24, 2.45) is 0 Å². The van der Waals surface area contributed by atoms with E-state index >= 15 is 0 Å². The standard InChI is InChI=1S/C46H28O/c1-2-12-29(13-3-1)31-24-26-42-41(28-31)39-23-11-22-38-40(25-27-43(47-42)46(38)39)45-36-19-8-6-17-34(36)44(35-18-7-9-20-37(35)45)33-21-10-15-30-14-4-5-16-32(30)33/h1-28H. The highest BCUT2D eigenvalue weighted by Crippen LogP contribution is 2.52. The van der Waals surface area contributed by atoms with Gasteiger partial charge in [-0.3, -0.25) is 0 Å². The molecule has 1 aliphatic heterocycles. The van der Waals surface area contributed by atoms with Crippen LogP contribution in [0.25, 0.3) is 87.6 Å². The van der Waals surface area contributed by atoms with E-state index in [9.17, 15) is 0 Å². The van der Waals surface area contributed by atoms with Crippen molar-refractivity contribution in [2.75, 3.05) is 0 Å². The number of fused-ring (bicyclic) bond motifs is 5. The van der Waals surface area contributed by atoms with Crippen LogP contribution in [0.4, 0.5) is 0 Å². The molecule has 0 fully saturated rings. The Morgan fingerprint density at radius 3 is 1.55 bits per heavy atom. The molecule has 1 heterocycles. The van der Waals surface area contributed by atoms with Gasteiger partial charge in [0.1, 0.15) is 11.5 Å². The summed E-state index contributed by atoms with van der Waals surface area (Å²) in [5, 5.41) is 9.89. The zero-order chi connectivity index (χ0) is 30.9. The summed E-state index contributed by atoms with van der Waals surface area (Å²) in [6.07, 6.45) is 0. The van der Waals surface area contributed by atoms with Crippen LogP contribution in [-0.2, 0) is 0 Å². The highest BCUT2D eigenvalue weighted by molar-refractivity contribution is 6.26. The van der Waals surface area contributed by atoms with E-state index in [2.05, 4.69) is 170 Å². The van der Waals surface area contributed by atoms with Gasteiger partial charge in [0.2, 0.25) is 0 Å². The largest absolute Gasteiger partial charge is 0.456 e. The highest BCUT2D eigenvalue weighted by Gasteiger charge is 2.24. The van der Waals surface area contributed by atoms with Crippen LogP contribution in [0, 0.1) is 0 Å². The van der Waals surface area contributed by atoms with E-state index in [0.29, 0.717) is 0 Å². The molecule has 0 aliphatic carbocycles. The molecule has 1 nitrogen and oxygen atoms in total. The van der Waals surface area contributed by atoms with Gasteiger partial charge in [-0.25, -0.2) is 0 Å². The lowest BCUT2D eigenvalue weighted by Crippen LogP contribution is -1.99. The van der Waals surface area contributed by atoms with E-state index in [1.807, 2.05) is 0 Å². The first-order chi connectivity index (χ1) is 23.3. The maximum atomic E-state index is 6.62. The number of hydrogen-bond acceptors (Lipinski definition) is 1. The molecule has 0 saturated carbocycles. The average molecular weight is 597 g/mol. The molecule has 47 heavy (non-hydrogen) atoms. The zero-order valence-electron chi connectivity index (χ0n) is 25.6. The molecule has 0 amide bonds. The van der Waals surface area contributed by atoms with Gasteiger partial charge < -0.3 is 4.74 Å². The summed E-state index contributed by atoms with van der Waals surface area (Å²) in [6, 6.07) is 61.4. The number of hydrogen-bond donors (Lipinski definition) is 0. The first-order valence-electron chi connectivity index (χ1n) is 16.2. The summed E-state index contributed by atoms with van der Waals surface area (Å²) in [5.74, 6) is 1.80. The van der Waals surface area contributed by atoms with Crippen molar-refractivity contribution in [2.45, 2.75) is 0 Å². The quantitative estimate of drug-likeness (QED) is 0.184. The third kappa shape index (κ3) is 3.90. The van der Waals surface area contributed by atoms with Gasteiger partial charge in [-0.2, -0.15) is 0 Å². The lowest BCUT2D eigenvalue weighted by Gasteiger charge is -2.24. The fourth-order valence-electron chi connectivity index (χ4n) is 7.81. The van der Waals surface area contributed by atoms with Crippen LogP contribution in [0.15, 0.2) is 170 Å². The lowest BCUT2D eigenvalue weighted by molar-refractivity contribution is 0.487. The van der Waals surface area contributed by atoms with Crippen molar-refractivity contribution in [1.82, 2.24) is 0 Å². The zero-order valence-corrected chi connectivity index (χ0v) is 25.6. The Bertz CT molecular complexity index is 2640. The van der Waals surface area contributed by atoms with Crippen LogP contribution < -0.4 is 4.74 Å². The molecule has 218 valence electrons. The first-order valence-corrected chi connectivity index (χ1v) is 16.2. The van der Waals surface area contributed by atoms with Gasteiger partial charge in [0.05, 0.1) is 0 Å². The smallest absolute Gasteiger partial charge is 0.135 e. The van der Waals surface area contributed by atoms with E-state index in [1.165, 1.54) is 76.6 Å². The van der Waals surface area contributed by atoms with Crippen LogP contribution in [0.5, 0.6) is 11.5 Å². The summed E-state index contributed by atoms with van der Waals surface area (Å²) in [4.78, 5) is 0. The molecule has 9 aromatic rings. The Kier molecular flexibility index (Phi) is 5.64. The minimum absolute atomic E-state index is 0.896. The van der Waals surface area contributed by atoms with Crippen LogP contribution in [-0.4, -0.2) is 0 Å². The molecule has 10 rings (SSSR count). The molecule has 0 spiro atoms. The summed E-state index contributed by atoms with van der Waals surface area (Å²) in [6.45, 7) is 0. The molecule has 1 heteroatoms. The maximum Gasteiger partial charge on any atom is 0.135 e. The number of rotatable bonds is 3. The molecule has 0 radical (unpaired) electrons. The number of benzene rings is 9. The van der Waals surface area contributed by atoms with Crippen molar-refractivity contribution < 1.29 is 4.74 Å². The van der Waals surface area contributed by atoms with Gasteiger partial charge in [0, 0.05) is 10.9 Å². The maximum absolute atomic E-state index is 6.62. The van der Waals surface area contributed by atoms with Crippen molar-refractivity contribution >= 4 is 43.1 Å². The molecule has 0 N–H and O–H groups in total. The second kappa shape index (κ2) is 10.2. The molecule has 9 aromatic carbocycles. The van der Waals surface area contributed by atoms with E-state index < -0.39 is 0 Å². The molecule has 0 aromatic heterocycles. The third-order valence-electron chi connectivity index (χ3n) is 9.86. The van der Waals surface area contributed by atoms with E-state index in [1.54, 1.807) is 0 Å². The topological polar surface area (TPSA) is 9.23 Å². The molecule has 0 atom stereocenters. The second-order valence-electron chi connectivity index (χ2n) is 12.4. The molecular weight excluding hydrogens is 569 g/mol. The fourth-order valence-corrected chi connectivity index (χ4v) is 7.81. The van der Waals surface area contributed by atoms with E-state index in [-0.39, 0.29) is 0 Å². The van der Waals surface area contributed by atoms with Crippen LogP contribution in [0.1, 0.15) is 0 Å². The second-order valence-corrected chi connectivity index (χ2v) is 12.4. The van der Waals surface area contributed by atoms with E-state index in [4.69, 9.17) is 4.74 Å². The summed E-state index contributed by atoms with van der Waals surface area (Å²) >= 11 is 0. The van der Waals surface area contributed by atoms with Gasteiger partial charge in [0.25, 0.3) is 0 Å². The van der Waals surface area contributed by atoms with Gasteiger partial charge >= 0.3 is 0 Å². The Balaban J connectivity index is 1.27. The van der Waals surface area contributed by atoms with Crippen molar-refractivity contribution in [3.8, 4) is 56.0 Å². The molecule has 0 bridgehead atoms. The molecular formula is C46H28O. The Hall–Kier alpha value is -6.18. The summed E-state index contributed by atoms with van der Waals surface area (Å²) < 4.78 is 6.62. The third-order valence-corrected chi connectivity index (χ3v) is 9.86. The van der Waals surface area contributed by atoms with Crippen LogP contribution >= 0.6 is 0 Å². The van der Waals surface area contributed by atoms with Crippen molar-refractivity contribution in [3.05, 3.63) is 170 Å². The molecule has 1 aliphatic rings. The lowest BCUT2D eigenvalue weighted by atomic mass is 9.83. The molecule has 0 unspecified atom stereocenters. The Morgan fingerprint density at radius 2 is 0.830 bits per heavy atom. The van der Waals surface area contributed by atoms with Crippen LogP contribution in [0.2, 0.25) is 0 Å². The minimum atomic E-state index is 0.896. The van der Waals surface area contributed by atoms with Crippen molar-refractivity contribution in [1.29, 1.82) is 0 Å². The highest BCUT2D eigenvalue weighted by atomic mass is 16.5. The minimum Gasteiger partial charge on any atom is -0.456 e. The summed E-state index contributed by atoms with van der Waals surface area (Å²) in [5.41, 5.74) is 9.74. The number of ether oxygens (including phenoxy) is 1. The predicted octanol–water partition coefficient (Wildman–Crippen LogP) is 13.1.